The predicted molar refractivity (Wildman–Crippen MR) is 72.6 cm³/mol. The number of halogens is 1. The summed E-state index contributed by atoms with van der Waals surface area (Å²) in [7, 11) is 0. The highest BCUT2D eigenvalue weighted by molar-refractivity contribution is 5.78. The van der Waals surface area contributed by atoms with Crippen molar-refractivity contribution in [3.8, 4) is 5.75 Å². The molecule has 116 valence electrons. The number of carboxylic acid groups (broad SMARTS) is 1. The van der Waals surface area contributed by atoms with Crippen LogP contribution in [0.25, 0.3) is 0 Å². The van der Waals surface area contributed by atoms with Gasteiger partial charge in [0.1, 0.15) is 11.4 Å². The molecule has 8 heteroatoms. The number of nitrogens with zero attached hydrogens (tertiary/aromatic N) is 1. The number of nitro groups is 1. The minimum Gasteiger partial charge on any atom is -0.487 e. The topological polar surface area (TPSA) is 116 Å². The van der Waals surface area contributed by atoms with Crippen molar-refractivity contribution in [1.82, 2.24) is 0 Å². The van der Waals surface area contributed by atoms with Gasteiger partial charge in [-0.25, -0.2) is 4.39 Å². The van der Waals surface area contributed by atoms with Crippen LogP contribution in [-0.2, 0) is 4.79 Å². The van der Waals surface area contributed by atoms with Crippen molar-refractivity contribution in [2.24, 2.45) is 5.73 Å². The Kier molecular flexibility index (Phi) is 5.60. The average molecular weight is 300 g/mol. The Balaban J connectivity index is 2.61. The van der Waals surface area contributed by atoms with Crippen LogP contribution in [0.1, 0.15) is 26.2 Å². The van der Waals surface area contributed by atoms with Gasteiger partial charge < -0.3 is 15.6 Å². The Bertz CT molecular complexity index is 537. The molecule has 0 saturated heterocycles. The van der Waals surface area contributed by atoms with E-state index in [9.17, 15) is 19.3 Å². The molecule has 0 amide bonds. The molecule has 21 heavy (non-hydrogen) atoms. The van der Waals surface area contributed by atoms with Gasteiger partial charge in [-0.3, -0.25) is 14.9 Å². The van der Waals surface area contributed by atoms with Crippen LogP contribution < -0.4 is 10.5 Å². The molecule has 0 saturated carbocycles. The molecule has 0 bridgehead atoms. The first-order valence-corrected chi connectivity index (χ1v) is 6.39. The molecule has 0 aromatic heterocycles. The molecule has 7 nitrogen and oxygen atoms in total. The summed E-state index contributed by atoms with van der Waals surface area (Å²) in [6.07, 6.45) is 0.748. The zero-order chi connectivity index (χ0) is 16.0. The quantitative estimate of drug-likeness (QED) is 0.431. The summed E-state index contributed by atoms with van der Waals surface area (Å²) in [4.78, 5) is 21.0. The Morgan fingerprint density at radius 2 is 2.24 bits per heavy atom. The SMILES string of the molecule is CCC(N)(CCCOc1ccc(F)cc1[N+](=O)[O-])C(=O)O. The van der Waals surface area contributed by atoms with Gasteiger partial charge in [-0.15, -0.1) is 0 Å². The molecule has 0 aliphatic rings. The monoisotopic (exact) mass is 300 g/mol. The zero-order valence-electron chi connectivity index (χ0n) is 11.5. The summed E-state index contributed by atoms with van der Waals surface area (Å²) in [5, 5.41) is 19.8. The van der Waals surface area contributed by atoms with E-state index in [1.54, 1.807) is 6.92 Å². The van der Waals surface area contributed by atoms with Gasteiger partial charge in [-0.1, -0.05) is 6.92 Å². The van der Waals surface area contributed by atoms with Gasteiger partial charge >= 0.3 is 11.7 Å². The van der Waals surface area contributed by atoms with Crippen molar-refractivity contribution >= 4 is 11.7 Å². The smallest absolute Gasteiger partial charge is 0.323 e. The highest BCUT2D eigenvalue weighted by Crippen LogP contribution is 2.27. The number of aliphatic carboxylic acids is 1. The molecule has 0 radical (unpaired) electrons. The van der Waals surface area contributed by atoms with Gasteiger partial charge in [0.05, 0.1) is 17.6 Å². The van der Waals surface area contributed by atoms with Crippen LogP contribution in [0.3, 0.4) is 0 Å². The Hall–Kier alpha value is -2.22. The van der Waals surface area contributed by atoms with E-state index in [0.717, 1.165) is 12.1 Å². The van der Waals surface area contributed by atoms with Crippen molar-refractivity contribution < 1.29 is 24.0 Å². The number of nitro benzene ring substituents is 1. The summed E-state index contributed by atoms with van der Waals surface area (Å²) in [5.74, 6) is -1.89. The summed E-state index contributed by atoms with van der Waals surface area (Å²) >= 11 is 0. The minimum absolute atomic E-state index is 0.0543. The third-order valence-electron chi connectivity index (χ3n) is 3.20. The van der Waals surface area contributed by atoms with Gasteiger partial charge in [0.15, 0.2) is 5.75 Å². The third-order valence-corrected chi connectivity index (χ3v) is 3.20. The molecule has 3 N–H and O–H groups in total. The first kappa shape index (κ1) is 16.8. The molecule has 1 aromatic carbocycles. The molecule has 1 aromatic rings. The number of hydrogen-bond donors (Lipinski definition) is 2. The van der Waals surface area contributed by atoms with Gasteiger partial charge in [0, 0.05) is 0 Å². The number of nitrogens with two attached hydrogens (primary N) is 1. The van der Waals surface area contributed by atoms with E-state index in [0.29, 0.717) is 6.42 Å². The highest BCUT2D eigenvalue weighted by atomic mass is 19.1. The fourth-order valence-corrected chi connectivity index (χ4v) is 1.76. The van der Waals surface area contributed by atoms with Crippen LogP contribution in [0.5, 0.6) is 5.75 Å². The number of ether oxygens (including phenoxy) is 1. The third kappa shape index (κ3) is 4.38. The summed E-state index contributed by atoms with van der Waals surface area (Å²) in [6, 6.07) is 2.99. The van der Waals surface area contributed by atoms with Gasteiger partial charge in [0.25, 0.3) is 0 Å². The van der Waals surface area contributed by atoms with Crippen LogP contribution in [0, 0.1) is 15.9 Å². The molecule has 0 aliphatic carbocycles. The maximum absolute atomic E-state index is 12.9. The summed E-state index contributed by atoms with van der Waals surface area (Å²) in [5.41, 5.74) is 3.90. The lowest BCUT2D eigenvalue weighted by Crippen LogP contribution is -2.47. The second-order valence-electron chi connectivity index (χ2n) is 4.64. The molecule has 0 fully saturated rings. The Morgan fingerprint density at radius 1 is 1.57 bits per heavy atom. The normalized spacial score (nSPS) is 13.5. The molecule has 1 unspecified atom stereocenters. The maximum atomic E-state index is 12.9. The molecular formula is C13H17FN2O5. The van der Waals surface area contributed by atoms with Crippen molar-refractivity contribution in [3.63, 3.8) is 0 Å². The van der Waals surface area contributed by atoms with Crippen LogP contribution in [-0.4, -0.2) is 28.1 Å². The van der Waals surface area contributed by atoms with E-state index in [4.69, 9.17) is 15.6 Å². The van der Waals surface area contributed by atoms with Gasteiger partial charge in [-0.05, 0) is 31.4 Å². The summed E-state index contributed by atoms with van der Waals surface area (Å²) < 4.78 is 18.2. The molecule has 0 spiro atoms. The minimum atomic E-state index is -1.34. The van der Waals surface area contributed by atoms with Gasteiger partial charge in [0.2, 0.25) is 0 Å². The van der Waals surface area contributed by atoms with Crippen molar-refractivity contribution in [2.75, 3.05) is 6.61 Å². The number of rotatable bonds is 8. The van der Waals surface area contributed by atoms with Crippen molar-refractivity contribution in [2.45, 2.75) is 31.7 Å². The van der Waals surface area contributed by atoms with Crippen LogP contribution in [0.4, 0.5) is 10.1 Å². The number of carboxylic acids is 1. The van der Waals surface area contributed by atoms with Gasteiger partial charge in [-0.2, -0.15) is 0 Å². The first-order chi connectivity index (χ1) is 9.80. The molecule has 0 aliphatic heterocycles. The standard InChI is InChI=1S/C13H17FN2O5/c1-2-13(15,12(17)18)6-3-7-21-11-5-4-9(14)8-10(11)16(19)20/h4-5,8H,2-3,6-7,15H2,1H3,(H,17,18). The second kappa shape index (κ2) is 6.98. The lowest BCUT2D eigenvalue weighted by molar-refractivity contribution is -0.386. The van der Waals surface area contributed by atoms with E-state index < -0.39 is 27.9 Å². The van der Waals surface area contributed by atoms with E-state index in [1.807, 2.05) is 0 Å². The summed E-state index contributed by atoms with van der Waals surface area (Å²) in [6.45, 7) is 1.72. The predicted octanol–water partition coefficient (Wildman–Crippen LogP) is 2.08. The van der Waals surface area contributed by atoms with Crippen LogP contribution in [0.2, 0.25) is 0 Å². The molecular weight excluding hydrogens is 283 g/mol. The second-order valence-corrected chi connectivity index (χ2v) is 4.64. The number of benzene rings is 1. The maximum Gasteiger partial charge on any atom is 0.323 e. The van der Waals surface area contributed by atoms with Crippen molar-refractivity contribution in [3.05, 3.63) is 34.1 Å². The van der Waals surface area contributed by atoms with E-state index >= 15 is 0 Å². The van der Waals surface area contributed by atoms with E-state index in [-0.39, 0.29) is 25.2 Å². The molecule has 0 heterocycles. The average Bonchev–Trinajstić information content (AvgIpc) is 2.44. The van der Waals surface area contributed by atoms with E-state index in [2.05, 4.69) is 0 Å². The lowest BCUT2D eigenvalue weighted by atomic mass is 9.92. The molecule has 1 atom stereocenters. The first-order valence-electron chi connectivity index (χ1n) is 6.39. The van der Waals surface area contributed by atoms with E-state index in [1.165, 1.54) is 6.07 Å². The fraction of sp³-hybridized carbons (Fsp3) is 0.462. The van der Waals surface area contributed by atoms with Crippen molar-refractivity contribution in [1.29, 1.82) is 0 Å². The lowest BCUT2D eigenvalue weighted by Gasteiger charge is -2.22. The van der Waals surface area contributed by atoms with Crippen LogP contribution >= 0.6 is 0 Å². The zero-order valence-corrected chi connectivity index (χ0v) is 11.5. The highest BCUT2D eigenvalue weighted by Gasteiger charge is 2.31. The van der Waals surface area contributed by atoms with Crippen LogP contribution in [0.15, 0.2) is 18.2 Å². The Labute approximate surface area is 120 Å². The molecule has 1 rings (SSSR count). The number of carbonyl (C=O) groups is 1. The largest absolute Gasteiger partial charge is 0.487 e. The Morgan fingerprint density at radius 3 is 2.76 bits per heavy atom. The fourth-order valence-electron chi connectivity index (χ4n) is 1.76. The number of hydrogen-bond acceptors (Lipinski definition) is 5.